The zero-order valence-electron chi connectivity index (χ0n) is 13.8. The number of hydrogen-bond acceptors (Lipinski definition) is 4. The Morgan fingerprint density at radius 2 is 1.96 bits per heavy atom. The molecular formula is C18H19F2N3O2. The van der Waals surface area contributed by atoms with Gasteiger partial charge in [0, 0.05) is 18.5 Å². The highest BCUT2D eigenvalue weighted by atomic mass is 19.1. The van der Waals surface area contributed by atoms with Gasteiger partial charge in [-0.15, -0.1) is 0 Å². The van der Waals surface area contributed by atoms with Gasteiger partial charge in [0.15, 0.2) is 0 Å². The summed E-state index contributed by atoms with van der Waals surface area (Å²) in [6.07, 6.45) is 5.72. The number of carbonyl (C=O) groups excluding carboxylic acids is 1. The van der Waals surface area contributed by atoms with Crippen molar-refractivity contribution in [2.24, 2.45) is 5.92 Å². The molecule has 1 atom stereocenters. The average Bonchev–Trinajstić information content (AvgIpc) is 3.34. The number of carbonyl (C=O) groups is 1. The van der Waals surface area contributed by atoms with Crippen LogP contribution in [-0.2, 0) is 4.79 Å². The Morgan fingerprint density at radius 3 is 2.72 bits per heavy atom. The number of halogens is 2. The van der Waals surface area contributed by atoms with Gasteiger partial charge >= 0.3 is 0 Å². The highest BCUT2D eigenvalue weighted by molar-refractivity contribution is 5.79. The summed E-state index contributed by atoms with van der Waals surface area (Å²) in [6, 6.07) is 2.98. The number of benzene rings is 1. The first-order chi connectivity index (χ1) is 12.1. The molecule has 2 aliphatic rings. The first-order valence-electron chi connectivity index (χ1n) is 8.73. The third kappa shape index (κ3) is 3.03. The van der Waals surface area contributed by atoms with Crippen molar-refractivity contribution in [2.75, 3.05) is 6.54 Å². The quantitative estimate of drug-likeness (QED) is 0.846. The van der Waals surface area contributed by atoms with Gasteiger partial charge in [0.2, 0.25) is 17.6 Å². The van der Waals surface area contributed by atoms with E-state index in [1.54, 1.807) is 0 Å². The van der Waals surface area contributed by atoms with Gasteiger partial charge in [-0.05, 0) is 37.8 Å². The minimum atomic E-state index is -0.738. The van der Waals surface area contributed by atoms with E-state index < -0.39 is 11.6 Å². The topological polar surface area (TPSA) is 59.2 Å². The van der Waals surface area contributed by atoms with Gasteiger partial charge in [-0.3, -0.25) is 4.79 Å². The molecule has 7 heteroatoms. The number of aromatic nitrogens is 2. The fourth-order valence-electron chi connectivity index (χ4n) is 3.85. The van der Waals surface area contributed by atoms with Gasteiger partial charge in [0.1, 0.15) is 17.7 Å². The van der Waals surface area contributed by atoms with Crippen LogP contribution in [0.25, 0.3) is 11.4 Å². The second kappa shape index (κ2) is 6.54. The average molecular weight is 347 g/mol. The van der Waals surface area contributed by atoms with Crippen LogP contribution in [0.1, 0.15) is 50.5 Å². The van der Waals surface area contributed by atoms with E-state index in [9.17, 15) is 13.6 Å². The Bertz CT molecular complexity index is 786. The normalized spacial score (nSPS) is 21.2. The summed E-state index contributed by atoms with van der Waals surface area (Å²) in [7, 11) is 0. The summed E-state index contributed by atoms with van der Waals surface area (Å²) in [5.74, 6) is -0.743. The van der Waals surface area contributed by atoms with E-state index in [2.05, 4.69) is 10.1 Å². The SMILES string of the molecule is O=C(C1CCCC1)N1CCC[C@@H]1c1nc(-c2ccc(F)cc2F)no1. The van der Waals surface area contributed by atoms with Crippen LogP contribution in [-0.4, -0.2) is 27.5 Å². The monoisotopic (exact) mass is 347 g/mol. The Morgan fingerprint density at radius 1 is 1.16 bits per heavy atom. The highest BCUT2D eigenvalue weighted by Crippen LogP contribution is 2.36. The van der Waals surface area contributed by atoms with Crippen LogP contribution in [0.2, 0.25) is 0 Å². The fourth-order valence-corrected chi connectivity index (χ4v) is 3.85. The van der Waals surface area contributed by atoms with Gasteiger partial charge in [-0.2, -0.15) is 4.98 Å². The van der Waals surface area contributed by atoms with Crippen LogP contribution in [0, 0.1) is 17.6 Å². The van der Waals surface area contributed by atoms with Gasteiger partial charge in [0.05, 0.1) is 5.56 Å². The maximum absolute atomic E-state index is 13.9. The minimum Gasteiger partial charge on any atom is -0.337 e. The van der Waals surface area contributed by atoms with E-state index in [1.807, 2.05) is 4.90 Å². The van der Waals surface area contributed by atoms with Crippen molar-refractivity contribution < 1.29 is 18.1 Å². The van der Waals surface area contributed by atoms with Crippen molar-refractivity contribution >= 4 is 5.91 Å². The lowest BCUT2D eigenvalue weighted by atomic mass is 10.1. The molecule has 5 nitrogen and oxygen atoms in total. The third-order valence-electron chi connectivity index (χ3n) is 5.14. The maximum Gasteiger partial charge on any atom is 0.249 e. The molecule has 1 saturated heterocycles. The smallest absolute Gasteiger partial charge is 0.249 e. The molecule has 0 unspecified atom stereocenters. The zero-order chi connectivity index (χ0) is 17.4. The lowest BCUT2D eigenvalue weighted by Crippen LogP contribution is -2.35. The van der Waals surface area contributed by atoms with E-state index in [0.29, 0.717) is 12.4 Å². The molecule has 0 radical (unpaired) electrons. The molecular weight excluding hydrogens is 328 g/mol. The van der Waals surface area contributed by atoms with Crippen molar-refractivity contribution in [3.8, 4) is 11.4 Å². The molecule has 1 amide bonds. The predicted molar refractivity (Wildman–Crippen MR) is 85.3 cm³/mol. The molecule has 2 heterocycles. The van der Waals surface area contributed by atoms with Crippen LogP contribution in [0.3, 0.4) is 0 Å². The van der Waals surface area contributed by atoms with E-state index in [-0.39, 0.29) is 29.3 Å². The molecule has 1 aliphatic carbocycles. The number of hydrogen-bond donors (Lipinski definition) is 0. The molecule has 1 aromatic carbocycles. The second-order valence-corrected chi connectivity index (χ2v) is 6.75. The number of amides is 1. The van der Waals surface area contributed by atoms with Crippen LogP contribution in [0.5, 0.6) is 0 Å². The molecule has 2 fully saturated rings. The van der Waals surface area contributed by atoms with Gasteiger partial charge < -0.3 is 9.42 Å². The van der Waals surface area contributed by atoms with Gasteiger partial charge in [0.25, 0.3) is 0 Å². The van der Waals surface area contributed by atoms with Crippen molar-refractivity contribution in [3.63, 3.8) is 0 Å². The zero-order valence-corrected chi connectivity index (χ0v) is 13.8. The summed E-state index contributed by atoms with van der Waals surface area (Å²) in [5, 5.41) is 3.83. The Hall–Kier alpha value is -2.31. The third-order valence-corrected chi connectivity index (χ3v) is 5.14. The van der Waals surface area contributed by atoms with Gasteiger partial charge in [-0.1, -0.05) is 18.0 Å². The van der Waals surface area contributed by atoms with Crippen molar-refractivity contribution in [3.05, 3.63) is 35.7 Å². The van der Waals surface area contributed by atoms with E-state index in [4.69, 9.17) is 4.52 Å². The standard InChI is InChI=1S/C18H19F2N3O2/c19-12-7-8-13(14(20)10-12)16-21-17(25-22-16)15-6-3-9-23(15)18(24)11-4-1-2-5-11/h7-8,10-11,15H,1-6,9H2/t15-/m1/s1. The predicted octanol–water partition coefficient (Wildman–Crippen LogP) is 3.87. The van der Waals surface area contributed by atoms with E-state index in [0.717, 1.165) is 50.7 Å². The molecule has 0 bridgehead atoms. The summed E-state index contributed by atoms with van der Waals surface area (Å²) >= 11 is 0. The van der Waals surface area contributed by atoms with Crippen molar-refractivity contribution in [1.82, 2.24) is 15.0 Å². The van der Waals surface area contributed by atoms with Crippen molar-refractivity contribution in [2.45, 2.75) is 44.6 Å². The van der Waals surface area contributed by atoms with Gasteiger partial charge in [-0.25, -0.2) is 8.78 Å². The molecule has 132 valence electrons. The Kier molecular flexibility index (Phi) is 4.23. The Labute approximate surface area is 144 Å². The van der Waals surface area contributed by atoms with Crippen LogP contribution >= 0.6 is 0 Å². The highest BCUT2D eigenvalue weighted by Gasteiger charge is 2.37. The molecule has 4 rings (SSSR count). The van der Waals surface area contributed by atoms with Crippen LogP contribution < -0.4 is 0 Å². The fraction of sp³-hybridized carbons (Fsp3) is 0.500. The lowest BCUT2D eigenvalue weighted by Gasteiger charge is -2.24. The molecule has 1 aliphatic heterocycles. The molecule has 25 heavy (non-hydrogen) atoms. The molecule has 2 aromatic rings. The minimum absolute atomic E-state index is 0.0765. The molecule has 0 spiro atoms. The van der Waals surface area contributed by atoms with E-state index >= 15 is 0 Å². The number of likely N-dealkylation sites (tertiary alicyclic amines) is 1. The molecule has 1 saturated carbocycles. The van der Waals surface area contributed by atoms with Crippen molar-refractivity contribution in [1.29, 1.82) is 0 Å². The maximum atomic E-state index is 13.9. The van der Waals surface area contributed by atoms with Crippen LogP contribution in [0.4, 0.5) is 8.78 Å². The largest absolute Gasteiger partial charge is 0.337 e. The number of nitrogens with zero attached hydrogens (tertiary/aromatic N) is 3. The summed E-state index contributed by atoms with van der Waals surface area (Å²) < 4.78 is 32.3. The summed E-state index contributed by atoms with van der Waals surface area (Å²) in [4.78, 5) is 18.8. The second-order valence-electron chi connectivity index (χ2n) is 6.75. The molecule has 0 N–H and O–H groups in total. The number of rotatable bonds is 3. The lowest BCUT2D eigenvalue weighted by molar-refractivity contribution is -0.136. The Balaban J connectivity index is 1.57. The summed E-state index contributed by atoms with van der Waals surface area (Å²) in [6.45, 7) is 0.683. The first-order valence-corrected chi connectivity index (χ1v) is 8.73. The summed E-state index contributed by atoms with van der Waals surface area (Å²) in [5.41, 5.74) is 0.0862. The first kappa shape index (κ1) is 16.2. The molecule has 1 aromatic heterocycles. The van der Waals surface area contributed by atoms with Crippen LogP contribution in [0.15, 0.2) is 22.7 Å². The van der Waals surface area contributed by atoms with E-state index in [1.165, 1.54) is 6.07 Å².